The molecule has 14 heavy (non-hydrogen) atoms. The van der Waals surface area contributed by atoms with Crippen LogP contribution in [-0.4, -0.2) is 27.2 Å². The zero-order chi connectivity index (χ0) is 10.9. The van der Waals surface area contributed by atoms with Crippen LogP contribution < -0.4 is 5.73 Å². The average Bonchev–Trinajstić information content (AvgIpc) is 2.08. The number of amides is 1. The molecule has 5 N–H and O–H groups in total. The third-order valence-corrected chi connectivity index (χ3v) is 1.64. The Hall–Kier alpha value is -2.24. The van der Waals surface area contributed by atoms with Gasteiger partial charge in [0, 0.05) is 0 Å². The fourth-order valence-corrected chi connectivity index (χ4v) is 1.00. The number of benzene rings is 1. The normalized spacial score (nSPS) is 9.71. The van der Waals surface area contributed by atoms with Gasteiger partial charge in [-0.15, -0.1) is 0 Å². The number of carboxylic acid groups (broad SMARTS) is 1. The number of carbonyl (C=O) groups is 2. The fourth-order valence-electron chi connectivity index (χ4n) is 1.00. The quantitative estimate of drug-likeness (QED) is 0.493. The SMILES string of the molecule is NC(=O)c1ccc(O)c(O)c1C(=O)O. The van der Waals surface area contributed by atoms with Gasteiger partial charge in [0.15, 0.2) is 11.5 Å². The van der Waals surface area contributed by atoms with Gasteiger partial charge in [0.25, 0.3) is 0 Å². The lowest BCUT2D eigenvalue weighted by molar-refractivity contribution is 0.0688. The van der Waals surface area contributed by atoms with Gasteiger partial charge in [0.1, 0.15) is 5.56 Å². The summed E-state index contributed by atoms with van der Waals surface area (Å²) in [5, 5.41) is 26.8. The first-order valence-corrected chi connectivity index (χ1v) is 3.53. The number of nitrogens with two attached hydrogens (primary N) is 1. The number of aromatic carboxylic acids is 1. The molecule has 0 aromatic heterocycles. The van der Waals surface area contributed by atoms with Crippen molar-refractivity contribution in [3.63, 3.8) is 0 Å². The summed E-state index contributed by atoms with van der Waals surface area (Å²) in [7, 11) is 0. The number of phenolic OH excluding ortho intramolecular Hbond substituents is 1. The molecule has 0 heterocycles. The largest absolute Gasteiger partial charge is 0.504 e. The molecule has 0 atom stereocenters. The second-order valence-corrected chi connectivity index (χ2v) is 2.53. The van der Waals surface area contributed by atoms with Gasteiger partial charge in [-0.2, -0.15) is 0 Å². The van der Waals surface area contributed by atoms with E-state index in [-0.39, 0.29) is 5.56 Å². The minimum atomic E-state index is -1.53. The number of carbonyl (C=O) groups excluding carboxylic acids is 1. The van der Waals surface area contributed by atoms with Crippen LogP contribution >= 0.6 is 0 Å². The molecular formula is C8H7NO5. The van der Waals surface area contributed by atoms with Crippen LogP contribution in [0.3, 0.4) is 0 Å². The zero-order valence-electron chi connectivity index (χ0n) is 6.89. The van der Waals surface area contributed by atoms with Crippen molar-refractivity contribution in [2.75, 3.05) is 0 Å². The van der Waals surface area contributed by atoms with Crippen LogP contribution in [0.5, 0.6) is 11.5 Å². The number of carboxylic acids is 1. The predicted molar refractivity (Wildman–Crippen MR) is 45.2 cm³/mol. The molecule has 0 aliphatic carbocycles. The third-order valence-electron chi connectivity index (χ3n) is 1.64. The van der Waals surface area contributed by atoms with Crippen LogP contribution in [0, 0.1) is 0 Å². The minimum absolute atomic E-state index is 0.354. The summed E-state index contributed by atoms with van der Waals surface area (Å²) in [6.45, 7) is 0. The van der Waals surface area contributed by atoms with E-state index < -0.39 is 28.9 Å². The van der Waals surface area contributed by atoms with E-state index >= 15 is 0 Å². The number of hydrogen-bond acceptors (Lipinski definition) is 4. The molecule has 0 saturated heterocycles. The molecule has 0 aliphatic rings. The molecule has 6 nitrogen and oxygen atoms in total. The second-order valence-electron chi connectivity index (χ2n) is 2.53. The predicted octanol–water partition coefficient (Wildman–Crippen LogP) is -0.105. The van der Waals surface area contributed by atoms with E-state index in [1.54, 1.807) is 0 Å². The van der Waals surface area contributed by atoms with Crippen LogP contribution in [0.2, 0.25) is 0 Å². The highest BCUT2D eigenvalue weighted by Crippen LogP contribution is 2.30. The molecule has 0 radical (unpaired) electrons. The Morgan fingerprint density at radius 3 is 2.21 bits per heavy atom. The van der Waals surface area contributed by atoms with Crippen LogP contribution in [0.4, 0.5) is 0 Å². The molecule has 1 amide bonds. The van der Waals surface area contributed by atoms with Crippen LogP contribution in [0.1, 0.15) is 20.7 Å². The Kier molecular flexibility index (Phi) is 2.29. The molecule has 0 spiro atoms. The van der Waals surface area contributed by atoms with Gasteiger partial charge in [-0.3, -0.25) is 4.79 Å². The Balaban J connectivity index is 3.53. The van der Waals surface area contributed by atoms with Crippen molar-refractivity contribution < 1.29 is 24.9 Å². The Labute approximate surface area is 78.2 Å². The summed E-state index contributed by atoms with van der Waals surface area (Å²) < 4.78 is 0. The summed E-state index contributed by atoms with van der Waals surface area (Å²) in [5.74, 6) is -4.01. The van der Waals surface area contributed by atoms with Gasteiger partial charge in [-0.1, -0.05) is 0 Å². The van der Waals surface area contributed by atoms with Crippen molar-refractivity contribution >= 4 is 11.9 Å². The number of rotatable bonds is 2. The van der Waals surface area contributed by atoms with Gasteiger partial charge in [-0.25, -0.2) is 4.79 Å². The standard InChI is InChI=1S/C8H7NO5/c9-7(12)3-1-2-4(10)6(11)5(3)8(13)14/h1-2,10-11H,(H2,9,12)(H,13,14). The van der Waals surface area contributed by atoms with Crippen LogP contribution in [0.25, 0.3) is 0 Å². The summed E-state index contributed by atoms with van der Waals surface area (Å²) in [5.41, 5.74) is 3.83. The first-order chi connectivity index (χ1) is 6.45. The van der Waals surface area contributed by atoms with E-state index in [1.807, 2.05) is 0 Å². The molecule has 1 aromatic rings. The number of primary amides is 1. The molecule has 0 fully saturated rings. The van der Waals surface area contributed by atoms with E-state index in [0.29, 0.717) is 0 Å². The van der Waals surface area contributed by atoms with E-state index in [2.05, 4.69) is 0 Å². The minimum Gasteiger partial charge on any atom is -0.504 e. The Morgan fingerprint density at radius 1 is 1.21 bits per heavy atom. The average molecular weight is 197 g/mol. The lowest BCUT2D eigenvalue weighted by Gasteiger charge is -2.05. The molecule has 74 valence electrons. The maximum atomic E-state index is 10.8. The molecule has 1 rings (SSSR count). The van der Waals surface area contributed by atoms with Crippen molar-refractivity contribution in [3.8, 4) is 11.5 Å². The maximum absolute atomic E-state index is 10.8. The third kappa shape index (κ3) is 1.45. The Morgan fingerprint density at radius 2 is 1.79 bits per heavy atom. The zero-order valence-corrected chi connectivity index (χ0v) is 6.89. The molecule has 0 saturated carbocycles. The fraction of sp³-hybridized carbons (Fsp3) is 0. The van der Waals surface area contributed by atoms with E-state index in [0.717, 1.165) is 12.1 Å². The molecule has 1 aromatic carbocycles. The van der Waals surface area contributed by atoms with Crippen molar-refractivity contribution in [1.82, 2.24) is 0 Å². The number of hydrogen-bond donors (Lipinski definition) is 4. The highest BCUT2D eigenvalue weighted by atomic mass is 16.4. The monoisotopic (exact) mass is 197 g/mol. The van der Waals surface area contributed by atoms with Crippen LogP contribution in [0.15, 0.2) is 12.1 Å². The molecule has 0 bridgehead atoms. The topological polar surface area (TPSA) is 121 Å². The second kappa shape index (κ2) is 3.25. The molecule has 0 unspecified atom stereocenters. The van der Waals surface area contributed by atoms with Crippen molar-refractivity contribution in [2.24, 2.45) is 5.73 Å². The smallest absolute Gasteiger partial charge is 0.340 e. The van der Waals surface area contributed by atoms with Crippen molar-refractivity contribution in [1.29, 1.82) is 0 Å². The van der Waals surface area contributed by atoms with Gasteiger partial charge in [-0.05, 0) is 12.1 Å². The van der Waals surface area contributed by atoms with E-state index in [4.69, 9.17) is 21.1 Å². The van der Waals surface area contributed by atoms with E-state index in [1.165, 1.54) is 0 Å². The van der Waals surface area contributed by atoms with Gasteiger partial charge in [0.05, 0.1) is 5.56 Å². The first kappa shape index (κ1) is 9.85. The lowest BCUT2D eigenvalue weighted by Crippen LogP contribution is -2.16. The highest BCUT2D eigenvalue weighted by Gasteiger charge is 2.21. The maximum Gasteiger partial charge on any atom is 0.340 e. The molecule has 0 aliphatic heterocycles. The summed E-state index contributed by atoms with van der Waals surface area (Å²) in [6.07, 6.45) is 0. The van der Waals surface area contributed by atoms with Crippen LogP contribution in [-0.2, 0) is 0 Å². The Bertz CT molecular complexity index is 412. The van der Waals surface area contributed by atoms with Gasteiger partial charge in [0.2, 0.25) is 5.91 Å². The van der Waals surface area contributed by atoms with Gasteiger partial charge >= 0.3 is 5.97 Å². The van der Waals surface area contributed by atoms with Gasteiger partial charge < -0.3 is 21.1 Å². The lowest BCUT2D eigenvalue weighted by atomic mass is 10.1. The molecule has 6 heteroatoms. The number of phenols is 2. The molecular weight excluding hydrogens is 190 g/mol. The highest BCUT2D eigenvalue weighted by molar-refractivity contribution is 6.06. The first-order valence-electron chi connectivity index (χ1n) is 3.53. The number of aromatic hydroxyl groups is 2. The van der Waals surface area contributed by atoms with E-state index in [9.17, 15) is 9.59 Å². The summed E-state index contributed by atoms with van der Waals surface area (Å²) in [6, 6.07) is 2.02. The van der Waals surface area contributed by atoms with Crippen molar-refractivity contribution in [3.05, 3.63) is 23.3 Å². The van der Waals surface area contributed by atoms with Crippen molar-refractivity contribution in [2.45, 2.75) is 0 Å². The summed E-state index contributed by atoms with van der Waals surface area (Å²) >= 11 is 0. The summed E-state index contributed by atoms with van der Waals surface area (Å²) in [4.78, 5) is 21.4.